The average Bonchev–Trinajstić information content (AvgIpc) is 2.82. The highest BCUT2D eigenvalue weighted by Gasteiger charge is 2.08. The molecular formula is C13H10BrF2NO2S. The van der Waals surface area contributed by atoms with E-state index in [0.717, 1.165) is 9.35 Å². The van der Waals surface area contributed by atoms with Gasteiger partial charge in [-0.15, -0.1) is 11.3 Å². The largest absolute Gasteiger partial charge is 0.435 e. The number of ether oxygens (including phenoxy) is 1. The fourth-order valence-corrected chi connectivity index (χ4v) is 2.89. The molecule has 1 N–H and O–H groups in total. The molecule has 0 aliphatic carbocycles. The molecule has 0 saturated carbocycles. The van der Waals surface area contributed by atoms with Crippen LogP contribution in [0.15, 0.2) is 40.2 Å². The van der Waals surface area contributed by atoms with Gasteiger partial charge in [0, 0.05) is 20.3 Å². The summed E-state index contributed by atoms with van der Waals surface area (Å²) >= 11 is 4.87. The first kappa shape index (κ1) is 14.9. The molecule has 106 valence electrons. The fraction of sp³-hybridized carbons (Fsp3) is 0.154. The van der Waals surface area contributed by atoms with Crippen LogP contribution in [0.3, 0.4) is 0 Å². The number of halogens is 3. The molecule has 0 bridgehead atoms. The van der Waals surface area contributed by atoms with E-state index in [1.807, 2.05) is 11.4 Å². The molecule has 0 aliphatic rings. The van der Waals surface area contributed by atoms with Gasteiger partial charge in [-0.1, -0.05) is 0 Å². The highest BCUT2D eigenvalue weighted by Crippen LogP contribution is 2.19. The molecule has 0 aliphatic heterocycles. The van der Waals surface area contributed by atoms with Gasteiger partial charge in [0.1, 0.15) is 5.75 Å². The monoisotopic (exact) mass is 361 g/mol. The number of carbonyl (C=O) groups is 1. The third kappa shape index (κ3) is 4.28. The number of alkyl halides is 2. The predicted molar refractivity (Wildman–Crippen MR) is 76.3 cm³/mol. The SMILES string of the molecule is O=C(NCc1cc(Br)cs1)c1ccc(OC(F)F)cc1. The Bertz CT molecular complexity index is 586. The Kier molecular flexibility index (Phi) is 5.08. The van der Waals surface area contributed by atoms with Crippen LogP contribution in [0.4, 0.5) is 8.78 Å². The van der Waals surface area contributed by atoms with Crippen LogP contribution in [-0.4, -0.2) is 12.5 Å². The van der Waals surface area contributed by atoms with Gasteiger partial charge in [0.05, 0.1) is 6.54 Å². The summed E-state index contributed by atoms with van der Waals surface area (Å²) in [6, 6.07) is 7.48. The normalized spacial score (nSPS) is 10.6. The molecule has 0 saturated heterocycles. The first-order valence-electron chi connectivity index (χ1n) is 5.60. The van der Waals surface area contributed by atoms with Gasteiger partial charge >= 0.3 is 6.61 Å². The Morgan fingerprint density at radius 1 is 1.35 bits per heavy atom. The molecule has 0 spiro atoms. The van der Waals surface area contributed by atoms with Gasteiger partial charge in [-0.25, -0.2) is 0 Å². The van der Waals surface area contributed by atoms with E-state index in [2.05, 4.69) is 26.0 Å². The van der Waals surface area contributed by atoms with Gasteiger partial charge in [-0.2, -0.15) is 8.78 Å². The Morgan fingerprint density at radius 3 is 2.60 bits per heavy atom. The molecule has 1 amide bonds. The third-order valence-corrected chi connectivity index (χ3v) is 4.08. The minimum atomic E-state index is -2.87. The second-order valence-electron chi connectivity index (χ2n) is 3.82. The van der Waals surface area contributed by atoms with Gasteiger partial charge in [-0.3, -0.25) is 4.79 Å². The Balaban J connectivity index is 1.92. The van der Waals surface area contributed by atoms with Crippen LogP contribution < -0.4 is 10.1 Å². The molecule has 1 aromatic carbocycles. The number of carbonyl (C=O) groups excluding carboxylic acids is 1. The summed E-state index contributed by atoms with van der Waals surface area (Å²) in [5, 5.41) is 4.68. The highest BCUT2D eigenvalue weighted by molar-refractivity contribution is 9.10. The Labute approximate surface area is 126 Å². The number of hydrogen-bond donors (Lipinski definition) is 1. The number of thiophene rings is 1. The lowest BCUT2D eigenvalue weighted by Crippen LogP contribution is -2.22. The van der Waals surface area contributed by atoms with Crippen molar-refractivity contribution < 1.29 is 18.3 Å². The summed E-state index contributed by atoms with van der Waals surface area (Å²) in [5.74, 6) is -0.239. The molecule has 20 heavy (non-hydrogen) atoms. The Hall–Kier alpha value is -1.47. The van der Waals surface area contributed by atoms with E-state index >= 15 is 0 Å². The summed E-state index contributed by atoms with van der Waals surface area (Å²) in [6.45, 7) is -2.45. The van der Waals surface area contributed by atoms with E-state index in [9.17, 15) is 13.6 Å². The lowest BCUT2D eigenvalue weighted by Gasteiger charge is -2.06. The second kappa shape index (κ2) is 6.81. The van der Waals surface area contributed by atoms with Crippen molar-refractivity contribution >= 4 is 33.2 Å². The van der Waals surface area contributed by atoms with Crippen molar-refractivity contribution in [3.05, 3.63) is 50.6 Å². The van der Waals surface area contributed by atoms with Crippen LogP contribution in [-0.2, 0) is 6.54 Å². The minimum Gasteiger partial charge on any atom is -0.435 e. The molecule has 0 atom stereocenters. The number of hydrogen-bond acceptors (Lipinski definition) is 3. The number of rotatable bonds is 5. The summed E-state index contributed by atoms with van der Waals surface area (Å²) in [4.78, 5) is 12.9. The smallest absolute Gasteiger partial charge is 0.387 e. The van der Waals surface area contributed by atoms with Crippen molar-refractivity contribution in [2.24, 2.45) is 0 Å². The van der Waals surface area contributed by atoms with Crippen LogP contribution >= 0.6 is 27.3 Å². The van der Waals surface area contributed by atoms with E-state index in [0.29, 0.717) is 12.1 Å². The molecule has 0 radical (unpaired) electrons. The second-order valence-corrected chi connectivity index (χ2v) is 5.73. The zero-order valence-corrected chi connectivity index (χ0v) is 12.5. The molecule has 1 aromatic heterocycles. The van der Waals surface area contributed by atoms with Gasteiger partial charge < -0.3 is 10.1 Å². The van der Waals surface area contributed by atoms with Gasteiger partial charge in [-0.05, 0) is 46.3 Å². The lowest BCUT2D eigenvalue weighted by atomic mass is 10.2. The summed E-state index contributed by atoms with van der Waals surface area (Å²) < 4.78 is 29.2. The first-order valence-corrected chi connectivity index (χ1v) is 7.28. The van der Waals surface area contributed by atoms with E-state index in [1.165, 1.54) is 35.6 Å². The van der Waals surface area contributed by atoms with E-state index < -0.39 is 6.61 Å². The zero-order chi connectivity index (χ0) is 14.5. The highest BCUT2D eigenvalue weighted by atomic mass is 79.9. The average molecular weight is 362 g/mol. The van der Waals surface area contributed by atoms with E-state index in [-0.39, 0.29) is 11.7 Å². The van der Waals surface area contributed by atoms with Crippen LogP contribution in [0.5, 0.6) is 5.75 Å². The molecule has 0 fully saturated rings. The van der Waals surface area contributed by atoms with Gasteiger partial charge in [0.2, 0.25) is 0 Å². The van der Waals surface area contributed by atoms with E-state index in [4.69, 9.17) is 0 Å². The van der Waals surface area contributed by atoms with E-state index in [1.54, 1.807) is 0 Å². The molecule has 2 rings (SSSR count). The summed E-state index contributed by atoms with van der Waals surface area (Å²) in [6.07, 6.45) is 0. The standard InChI is InChI=1S/C13H10BrF2NO2S/c14-9-5-11(20-7-9)6-17-12(18)8-1-3-10(4-2-8)19-13(15)16/h1-5,7,13H,6H2,(H,17,18). The van der Waals surface area contributed by atoms with Crippen LogP contribution in [0, 0.1) is 0 Å². The lowest BCUT2D eigenvalue weighted by molar-refractivity contribution is -0.0498. The zero-order valence-electron chi connectivity index (χ0n) is 10.1. The van der Waals surface area contributed by atoms with Crippen molar-refractivity contribution in [3.63, 3.8) is 0 Å². The maximum absolute atomic E-state index is 12.0. The summed E-state index contributed by atoms with van der Waals surface area (Å²) in [7, 11) is 0. The third-order valence-electron chi connectivity index (χ3n) is 2.39. The fourth-order valence-electron chi connectivity index (χ4n) is 1.50. The van der Waals surface area contributed by atoms with Crippen LogP contribution in [0.25, 0.3) is 0 Å². The molecule has 0 unspecified atom stereocenters. The van der Waals surface area contributed by atoms with Gasteiger partial charge in [0.15, 0.2) is 0 Å². The number of benzene rings is 1. The van der Waals surface area contributed by atoms with Crippen molar-refractivity contribution in [1.29, 1.82) is 0 Å². The predicted octanol–water partition coefficient (Wildman–Crippen LogP) is 4.04. The van der Waals surface area contributed by atoms with Crippen molar-refractivity contribution in [2.45, 2.75) is 13.2 Å². The molecular weight excluding hydrogens is 352 g/mol. The van der Waals surface area contributed by atoms with Gasteiger partial charge in [0.25, 0.3) is 5.91 Å². The maximum atomic E-state index is 12.0. The van der Waals surface area contributed by atoms with Crippen LogP contribution in [0.1, 0.15) is 15.2 Å². The maximum Gasteiger partial charge on any atom is 0.387 e. The van der Waals surface area contributed by atoms with Crippen molar-refractivity contribution in [2.75, 3.05) is 0 Å². The molecule has 1 heterocycles. The Morgan fingerprint density at radius 2 is 2.05 bits per heavy atom. The van der Waals surface area contributed by atoms with Crippen LogP contribution in [0.2, 0.25) is 0 Å². The number of amides is 1. The molecule has 2 aromatic rings. The quantitative estimate of drug-likeness (QED) is 0.872. The summed E-state index contributed by atoms with van der Waals surface area (Å²) in [5.41, 5.74) is 0.391. The molecule has 7 heteroatoms. The first-order chi connectivity index (χ1) is 9.54. The minimum absolute atomic E-state index is 0.0266. The van der Waals surface area contributed by atoms with Crippen molar-refractivity contribution in [3.8, 4) is 5.75 Å². The number of nitrogens with one attached hydrogen (secondary N) is 1. The topological polar surface area (TPSA) is 38.3 Å². The molecule has 3 nitrogen and oxygen atoms in total. The van der Waals surface area contributed by atoms with Crippen molar-refractivity contribution in [1.82, 2.24) is 5.32 Å².